The van der Waals surface area contributed by atoms with Gasteiger partial charge in [0.1, 0.15) is 12.4 Å². The Hall–Kier alpha value is -1.91. The maximum Gasteiger partial charge on any atom is 0.130 e. The van der Waals surface area contributed by atoms with Gasteiger partial charge in [-0.2, -0.15) is 0 Å². The van der Waals surface area contributed by atoms with Crippen LogP contribution in [-0.4, -0.2) is 23.2 Å². The van der Waals surface area contributed by atoms with Gasteiger partial charge in [-0.3, -0.25) is 4.98 Å². The van der Waals surface area contributed by atoms with Gasteiger partial charge in [0.15, 0.2) is 0 Å². The van der Waals surface area contributed by atoms with Crippen LogP contribution in [0, 0.1) is 0 Å². The summed E-state index contributed by atoms with van der Waals surface area (Å²) in [6.45, 7) is 6.49. The zero-order chi connectivity index (χ0) is 16.8. The fraction of sp³-hybridized carbons (Fsp3) is 0.450. The van der Waals surface area contributed by atoms with E-state index >= 15 is 0 Å². The van der Waals surface area contributed by atoms with E-state index in [0.29, 0.717) is 12.6 Å². The van der Waals surface area contributed by atoms with Crippen LogP contribution >= 0.6 is 0 Å². The van der Waals surface area contributed by atoms with E-state index in [1.807, 2.05) is 30.3 Å². The number of hydrogen-bond donors (Lipinski definition) is 1. The lowest BCUT2D eigenvalue weighted by molar-refractivity contribution is -0.0630. The van der Waals surface area contributed by atoms with Gasteiger partial charge < -0.3 is 14.8 Å². The van der Waals surface area contributed by atoms with Crippen LogP contribution in [0.5, 0.6) is 5.75 Å². The van der Waals surface area contributed by atoms with E-state index < -0.39 is 0 Å². The van der Waals surface area contributed by atoms with Crippen LogP contribution in [-0.2, 0) is 17.9 Å². The van der Waals surface area contributed by atoms with Gasteiger partial charge in [0, 0.05) is 25.4 Å². The molecule has 0 bridgehead atoms. The average Bonchev–Trinajstić information content (AvgIpc) is 2.59. The molecule has 4 heteroatoms. The standard InChI is InChI=1S/C20H26N2O2/c1-20(2)13-17(9-11-24-20)22-14-16-6-5-8-19(12-16)23-15-18-7-3-4-10-21-18/h3-8,10,12,17,22H,9,11,13-15H2,1-2H3. The summed E-state index contributed by atoms with van der Waals surface area (Å²) >= 11 is 0. The van der Waals surface area contributed by atoms with E-state index in [1.54, 1.807) is 6.20 Å². The molecule has 1 aliphatic rings. The first-order chi connectivity index (χ1) is 11.6. The van der Waals surface area contributed by atoms with Crippen LogP contribution < -0.4 is 10.1 Å². The Balaban J connectivity index is 1.51. The molecule has 1 atom stereocenters. The Morgan fingerprint density at radius 3 is 2.96 bits per heavy atom. The highest BCUT2D eigenvalue weighted by molar-refractivity contribution is 5.28. The highest BCUT2D eigenvalue weighted by Crippen LogP contribution is 2.24. The molecule has 2 heterocycles. The van der Waals surface area contributed by atoms with Crippen LogP contribution in [0.3, 0.4) is 0 Å². The van der Waals surface area contributed by atoms with Gasteiger partial charge in [-0.15, -0.1) is 0 Å². The van der Waals surface area contributed by atoms with Crippen molar-refractivity contribution >= 4 is 0 Å². The Morgan fingerprint density at radius 1 is 1.25 bits per heavy atom. The zero-order valence-corrected chi connectivity index (χ0v) is 14.5. The van der Waals surface area contributed by atoms with Crippen molar-refractivity contribution in [2.45, 2.75) is 51.5 Å². The molecule has 0 amide bonds. The summed E-state index contributed by atoms with van der Waals surface area (Å²) in [6.07, 6.45) is 3.90. The first-order valence-electron chi connectivity index (χ1n) is 8.60. The number of aromatic nitrogens is 1. The van der Waals surface area contributed by atoms with Crippen LogP contribution in [0.1, 0.15) is 37.9 Å². The minimum atomic E-state index is -0.0242. The number of ether oxygens (including phenoxy) is 2. The van der Waals surface area contributed by atoms with E-state index in [-0.39, 0.29) is 5.60 Å². The molecule has 4 nitrogen and oxygen atoms in total. The molecule has 0 spiro atoms. The summed E-state index contributed by atoms with van der Waals surface area (Å²) in [6, 6.07) is 14.6. The van der Waals surface area contributed by atoms with Crippen molar-refractivity contribution < 1.29 is 9.47 Å². The fourth-order valence-corrected chi connectivity index (χ4v) is 3.05. The normalized spacial score (nSPS) is 19.8. The van der Waals surface area contributed by atoms with Gasteiger partial charge in [-0.05, 0) is 56.5 Å². The molecular weight excluding hydrogens is 300 g/mol. The molecule has 1 fully saturated rings. The lowest BCUT2D eigenvalue weighted by Crippen LogP contribution is -2.43. The molecule has 1 aromatic carbocycles. The maximum atomic E-state index is 5.85. The van der Waals surface area contributed by atoms with Crippen LogP contribution in [0.25, 0.3) is 0 Å². The molecule has 0 aliphatic carbocycles. The summed E-state index contributed by atoms with van der Waals surface area (Å²) in [5, 5.41) is 3.65. The summed E-state index contributed by atoms with van der Waals surface area (Å²) in [7, 11) is 0. The van der Waals surface area contributed by atoms with Gasteiger partial charge >= 0.3 is 0 Å². The molecule has 1 N–H and O–H groups in total. The Labute approximate surface area is 144 Å². The minimum Gasteiger partial charge on any atom is -0.487 e. The van der Waals surface area contributed by atoms with Crippen molar-refractivity contribution in [2.75, 3.05) is 6.61 Å². The molecule has 3 rings (SSSR count). The molecule has 1 unspecified atom stereocenters. The van der Waals surface area contributed by atoms with Gasteiger partial charge in [0.25, 0.3) is 0 Å². The second kappa shape index (κ2) is 7.77. The van der Waals surface area contributed by atoms with E-state index in [2.05, 4.69) is 36.3 Å². The number of nitrogens with one attached hydrogen (secondary N) is 1. The summed E-state index contributed by atoms with van der Waals surface area (Å²) in [5.74, 6) is 0.882. The topological polar surface area (TPSA) is 43.4 Å². The summed E-state index contributed by atoms with van der Waals surface area (Å²) in [4.78, 5) is 4.28. The average molecular weight is 326 g/mol. The SMILES string of the molecule is CC1(C)CC(NCc2cccc(OCc3ccccn3)c2)CCO1. The van der Waals surface area contributed by atoms with Gasteiger partial charge in [-0.25, -0.2) is 0 Å². The van der Waals surface area contributed by atoms with Crippen LogP contribution in [0.15, 0.2) is 48.7 Å². The van der Waals surface area contributed by atoms with Crippen molar-refractivity contribution in [1.29, 1.82) is 0 Å². The third-order valence-corrected chi connectivity index (χ3v) is 4.30. The summed E-state index contributed by atoms with van der Waals surface area (Å²) in [5.41, 5.74) is 2.15. The van der Waals surface area contributed by atoms with Crippen LogP contribution in [0.2, 0.25) is 0 Å². The van der Waals surface area contributed by atoms with E-state index in [4.69, 9.17) is 9.47 Å². The van der Waals surface area contributed by atoms with E-state index in [0.717, 1.165) is 37.4 Å². The van der Waals surface area contributed by atoms with Crippen molar-refractivity contribution in [1.82, 2.24) is 10.3 Å². The third-order valence-electron chi connectivity index (χ3n) is 4.30. The van der Waals surface area contributed by atoms with Gasteiger partial charge in [-0.1, -0.05) is 18.2 Å². The second-order valence-electron chi connectivity index (χ2n) is 6.94. The molecule has 1 saturated heterocycles. The van der Waals surface area contributed by atoms with E-state index in [9.17, 15) is 0 Å². The number of pyridine rings is 1. The highest BCUT2D eigenvalue weighted by atomic mass is 16.5. The lowest BCUT2D eigenvalue weighted by atomic mass is 9.94. The lowest BCUT2D eigenvalue weighted by Gasteiger charge is -2.36. The van der Waals surface area contributed by atoms with Crippen LogP contribution in [0.4, 0.5) is 0 Å². The van der Waals surface area contributed by atoms with Crippen molar-refractivity contribution in [3.63, 3.8) is 0 Å². The molecule has 128 valence electrons. The predicted molar refractivity (Wildman–Crippen MR) is 94.9 cm³/mol. The monoisotopic (exact) mass is 326 g/mol. The predicted octanol–water partition coefficient (Wildman–Crippen LogP) is 3.71. The highest BCUT2D eigenvalue weighted by Gasteiger charge is 2.28. The number of hydrogen-bond acceptors (Lipinski definition) is 4. The molecule has 0 radical (unpaired) electrons. The first kappa shape index (κ1) is 16.9. The zero-order valence-electron chi connectivity index (χ0n) is 14.5. The number of rotatable bonds is 6. The molecule has 0 saturated carbocycles. The van der Waals surface area contributed by atoms with Crippen molar-refractivity contribution in [2.24, 2.45) is 0 Å². The first-order valence-corrected chi connectivity index (χ1v) is 8.60. The van der Waals surface area contributed by atoms with Crippen molar-refractivity contribution in [3.8, 4) is 5.75 Å². The molecule has 1 aromatic heterocycles. The smallest absolute Gasteiger partial charge is 0.130 e. The van der Waals surface area contributed by atoms with Gasteiger partial charge in [0.2, 0.25) is 0 Å². The summed E-state index contributed by atoms with van der Waals surface area (Å²) < 4.78 is 11.6. The quantitative estimate of drug-likeness (QED) is 0.879. The molecule has 2 aromatic rings. The molecular formula is C20H26N2O2. The Kier molecular flexibility index (Phi) is 5.48. The Morgan fingerprint density at radius 2 is 2.17 bits per heavy atom. The third kappa shape index (κ3) is 5.05. The maximum absolute atomic E-state index is 5.85. The molecule has 1 aliphatic heterocycles. The van der Waals surface area contributed by atoms with E-state index in [1.165, 1.54) is 5.56 Å². The molecule has 24 heavy (non-hydrogen) atoms. The fourth-order valence-electron chi connectivity index (χ4n) is 3.05. The van der Waals surface area contributed by atoms with Gasteiger partial charge in [0.05, 0.1) is 11.3 Å². The number of benzene rings is 1. The number of nitrogens with zero attached hydrogens (tertiary/aromatic N) is 1. The Bertz CT molecular complexity index is 643. The van der Waals surface area contributed by atoms with Crippen molar-refractivity contribution in [3.05, 3.63) is 59.9 Å². The second-order valence-corrected chi connectivity index (χ2v) is 6.94. The minimum absolute atomic E-state index is 0.0242. The largest absolute Gasteiger partial charge is 0.487 e.